The number of rotatable bonds is 4. The van der Waals surface area contributed by atoms with Gasteiger partial charge in [-0.05, 0) is 39.7 Å². The van der Waals surface area contributed by atoms with Gasteiger partial charge in [0.15, 0.2) is 11.5 Å². The van der Waals surface area contributed by atoms with Crippen molar-refractivity contribution in [2.24, 2.45) is 4.99 Å². The first-order valence-electron chi connectivity index (χ1n) is 12.1. The fraction of sp³-hybridized carbons (Fsp3) is 0.179. The maximum atomic E-state index is 13.8. The van der Waals surface area contributed by atoms with Gasteiger partial charge in [0.05, 0.1) is 16.1 Å². The summed E-state index contributed by atoms with van der Waals surface area (Å²) in [5.74, 6) is 0.258. The first kappa shape index (κ1) is 25.2. The topological polar surface area (TPSA) is 99.4 Å². The number of thiazole rings is 1. The minimum absolute atomic E-state index is 0.0216. The summed E-state index contributed by atoms with van der Waals surface area (Å²) in [5, 5.41) is 10.2. The SMILES string of the molecule is COc1cc(/C=c2\sc3n(c2=O)N[C@@]2(c4ccccc4)N(C)C(=O)N(C)[C@@]2(c2ccccc2)N=3)cc(Br)c1O. The molecule has 2 aliphatic heterocycles. The minimum Gasteiger partial charge on any atom is -0.503 e. The highest BCUT2D eigenvalue weighted by atomic mass is 79.9. The average molecular weight is 607 g/mol. The second-order valence-electron chi connectivity index (χ2n) is 9.33. The number of likely N-dealkylation sites (N-methyl/N-ethyl adjacent to an activating group) is 2. The average Bonchev–Trinajstić information content (AvgIpc) is 3.34. The van der Waals surface area contributed by atoms with Gasteiger partial charge in [0.1, 0.15) is 0 Å². The van der Waals surface area contributed by atoms with Crippen LogP contribution in [0.15, 0.2) is 87.1 Å². The summed E-state index contributed by atoms with van der Waals surface area (Å²) >= 11 is 4.55. The Morgan fingerprint density at radius 1 is 1.00 bits per heavy atom. The van der Waals surface area contributed by atoms with Crippen LogP contribution in [0.1, 0.15) is 16.7 Å². The van der Waals surface area contributed by atoms with Gasteiger partial charge in [0.25, 0.3) is 5.56 Å². The molecule has 1 aromatic heterocycles. The fourth-order valence-electron chi connectivity index (χ4n) is 5.50. The lowest BCUT2D eigenvalue weighted by Gasteiger charge is -2.49. The largest absolute Gasteiger partial charge is 0.503 e. The molecule has 11 heteroatoms. The number of phenolic OH excluding ortho intramolecular Hbond substituents is 1. The van der Waals surface area contributed by atoms with Crippen LogP contribution in [-0.2, 0) is 11.3 Å². The summed E-state index contributed by atoms with van der Waals surface area (Å²) in [4.78, 5) is 36.3. The van der Waals surface area contributed by atoms with Gasteiger partial charge in [-0.2, -0.15) is 4.68 Å². The van der Waals surface area contributed by atoms with Crippen molar-refractivity contribution in [3.8, 4) is 11.5 Å². The lowest BCUT2D eigenvalue weighted by Crippen LogP contribution is -2.67. The van der Waals surface area contributed by atoms with Gasteiger partial charge in [-0.1, -0.05) is 72.0 Å². The Bertz CT molecular complexity index is 1790. The zero-order valence-corrected chi connectivity index (χ0v) is 23.7. The van der Waals surface area contributed by atoms with Crippen LogP contribution in [0.25, 0.3) is 6.08 Å². The number of urea groups is 1. The lowest BCUT2D eigenvalue weighted by molar-refractivity contribution is 0.0648. The molecular weight excluding hydrogens is 582 g/mol. The van der Waals surface area contributed by atoms with Gasteiger partial charge >= 0.3 is 6.03 Å². The van der Waals surface area contributed by atoms with E-state index in [4.69, 9.17) is 9.73 Å². The molecule has 3 aromatic carbocycles. The predicted molar refractivity (Wildman–Crippen MR) is 152 cm³/mol. The van der Waals surface area contributed by atoms with Crippen molar-refractivity contribution in [1.82, 2.24) is 14.5 Å². The van der Waals surface area contributed by atoms with E-state index >= 15 is 0 Å². The number of hydrogen-bond donors (Lipinski definition) is 2. The summed E-state index contributed by atoms with van der Waals surface area (Å²) in [5.41, 5.74) is 2.91. The van der Waals surface area contributed by atoms with E-state index in [1.165, 1.54) is 23.1 Å². The molecule has 39 heavy (non-hydrogen) atoms. The van der Waals surface area contributed by atoms with Crippen LogP contribution in [0, 0.1) is 0 Å². The molecule has 0 bridgehead atoms. The molecule has 0 aliphatic carbocycles. The molecule has 9 nitrogen and oxygen atoms in total. The van der Waals surface area contributed by atoms with Crippen LogP contribution in [-0.4, -0.2) is 46.8 Å². The molecule has 0 unspecified atom stereocenters. The highest BCUT2D eigenvalue weighted by Crippen LogP contribution is 2.53. The maximum Gasteiger partial charge on any atom is 0.324 e. The molecular formula is C28H24BrN5O4S. The Morgan fingerprint density at radius 2 is 1.64 bits per heavy atom. The molecule has 198 valence electrons. The summed E-state index contributed by atoms with van der Waals surface area (Å²) in [6.45, 7) is 0. The van der Waals surface area contributed by atoms with E-state index < -0.39 is 11.3 Å². The van der Waals surface area contributed by atoms with Gasteiger partial charge in [-0.3, -0.25) is 20.0 Å². The highest BCUT2D eigenvalue weighted by Gasteiger charge is 2.69. The van der Waals surface area contributed by atoms with Gasteiger partial charge < -0.3 is 9.84 Å². The Kier molecular flexibility index (Phi) is 5.81. The van der Waals surface area contributed by atoms with E-state index in [1.54, 1.807) is 42.1 Å². The summed E-state index contributed by atoms with van der Waals surface area (Å²) < 4.78 is 7.55. The highest BCUT2D eigenvalue weighted by molar-refractivity contribution is 9.10. The number of fused-ring (bicyclic) bond motifs is 2. The van der Waals surface area contributed by atoms with Crippen molar-refractivity contribution < 1.29 is 14.6 Å². The van der Waals surface area contributed by atoms with E-state index in [1.807, 2.05) is 60.7 Å². The Balaban J connectivity index is 1.67. The number of nitrogens with zero attached hydrogens (tertiary/aromatic N) is 4. The van der Waals surface area contributed by atoms with Crippen molar-refractivity contribution in [2.45, 2.75) is 11.3 Å². The number of amides is 2. The molecule has 3 heterocycles. The number of benzene rings is 3. The molecule has 2 N–H and O–H groups in total. The molecule has 1 saturated heterocycles. The molecule has 0 radical (unpaired) electrons. The van der Waals surface area contributed by atoms with Crippen molar-refractivity contribution in [1.29, 1.82) is 0 Å². The summed E-state index contributed by atoms with van der Waals surface area (Å²) in [6.07, 6.45) is 1.72. The number of aromatic hydroxyl groups is 1. The number of carbonyl (C=O) groups is 1. The van der Waals surface area contributed by atoms with Crippen molar-refractivity contribution in [2.75, 3.05) is 26.6 Å². The van der Waals surface area contributed by atoms with Crippen molar-refractivity contribution >= 4 is 39.4 Å². The standard InChI is InChI=1S/C28H24BrN5O4S/c1-32-26(37)33(2)28(19-12-8-5-9-13-19)27(32,18-10-6-4-7-11-18)30-25-34(31-28)24(36)22(39-25)16-17-14-20(29)23(35)21(15-17)38-3/h4-16,31,35H,1-3H3/b22-16-/t27-,28+/m1/s1. The monoisotopic (exact) mass is 605 g/mol. The lowest BCUT2D eigenvalue weighted by atomic mass is 9.80. The van der Waals surface area contributed by atoms with E-state index in [-0.39, 0.29) is 23.1 Å². The minimum atomic E-state index is -1.23. The third-order valence-corrected chi connectivity index (χ3v) is 8.91. The van der Waals surface area contributed by atoms with Gasteiger partial charge in [0, 0.05) is 25.2 Å². The van der Waals surface area contributed by atoms with Crippen LogP contribution in [0.5, 0.6) is 11.5 Å². The Morgan fingerprint density at radius 3 is 2.28 bits per heavy atom. The molecule has 0 saturated carbocycles. The van der Waals surface area contributed by atoms with Crippen LogP contribution in [0.4, 0.5) is 4.79 Å². The zero-order valence-electron chi connectivity index (χ0n) is 21.3. The second kappa shape index (κ2) is 8.99. The van der Waals surface area contributed by atoms with Crippen molar-refractivity contribution in [3.63, 3.8) is 0 Å². The molecule has 0 spiro atoms. The first-order chi connectivity index (χ1) is 18.7. The van der Waals surface area contributed by atoms with E-state index in [2.05, 4.69) is 21.4 Å². The quantitative estimate of drug-likeness (QED) is 0.372. The second-order valence-corrected chi connectivity index (χ2v) is 11.2. The normalized spacial score (nSPS) is 22.3. The number of methoxy groups -OCH3 is 1. The number of nitrogens with one attached hydrogen (secondary N) is 1. The van der Waals surface area contributed by atoms with E-state index in [0.717, 1.165) is 11.1 Å². The van der Waals surface area contributed by atoms with Crippen LogP contribution < -0.4 is 25.1 Å². The van der Waals surface area contributed by atoms with Crippen LogP contribution in [0.3, 0.4) is 0 Å². The zero-order chi connectivity index (χ0) is 27.5. The molecule has 2 atom stereocenters. The molecule has 4 aromatic rings. The predicted octanol–water partition coefficient (Wildman–Crippen LogP) is 3.10. The smallest absolute Gasteiger partial charge is 0.324 e. The number of ether oxygens (including phenoxy) is 1. The fourth-order valence-corrected chi connectivity index (χ4v) is 6.93. The molecule has 2 aliphatic rings. The third kappa shape index (κ3) is 3.39. The van der Waals surface area contributed by atoms with Gasteiger partial charge in [-0.15, -0.1) is 0 Å². The summed E-state index contributed by atoms with van der Waals surface area (Å²) in [6, 6.07) is 22.3. The maximum absolute atomic E-state index is 13.8. The van der Waals surface area contributed by atoms with E-state index in [9.17, 15) is 14.7 Å². The summed E-state index contributed by atoms with van der Waals surface area (Å²) in [7, 11) is 4.91. The first-order valence-corrected chi connectivity index (χ1v) is 13.7. The van der Waals surface area contributed by atoms with Gasteiger partial charge in [-0.25, -0.2) is 9.79 Å². The number of aromatic nitrogens is 1. The number of phenols is 1. The third-order valence-electron chi connectivity index (χ3n) is 7.34. The van der Waals surface area contributed by atoms with Crippen molar-refractivity contribution in [3.05, 3.63) is 114 Å². The Labute approximate surface area is 236 Å². The molecule has 6 rings (SSSR count). The van der Waals surface area contributed by atoms with Gasteiger partial charge in [0.2, 0.25) is 16.1 Å². The number of hydrogen-bond acceptors (Lipinski definition) is 7. The Hall–Kier alpha value is -4.09. The van der Waals surface area contributed by atoms with Crippen LogP contribution in [0.2, 0.25) is 0 Å². The van der Waals surface area contributed by atoms with Crippen LogP contribution >= 0.6 is 27.3 Å². The van der Waals surface area contributed by atoms with E-state index in [0.29, 0.717) is 19.4 Å². The molecule has 1 fully saturated rings. The number of halogens is 1. The molecule has 2 amide bonds. The number of carbonyl (C=O) groups excluding carboxylic acids is 1.